The van der Waals surface area contributed by atoms with E-state index in [0.717, 1.165) is 48.9 Å². The molecule has 26 heavy (non-hydrogen) atoms. The van der Waals surface area contributed by atoms with Crippen molar-refractivity contribution >= 4 is 0 Å². The highest BCUT2D eigenvalue weighted by molar-refractivity contribution is 5.62. The number of methoxy groups -OCH3 is 1. The lowest BCUT2D eigenvalue weighted by molar-refractivity contribution is -0.208. The third-order valence-corrected chi connectivity index (χ3v) is 7.94. The largest absolute Gasteiger partial charge is 0.493 e. The monoisotopic (exact) mass is 357 g/mol. The third-order valence-electron chi connectivity index (χ3n) is 7.94. The Morgan fingerprint density at radius 1 is 1.27 bits per heavy atom. The molecule has 1 aromatic carbocycles. The molecule has 2 saturated carbocycles. The molecule has 1 aromatic rings. The predicted molar refractivity (Wildman–Crippen MR) is 95.7 cm³/mol. The summed E-state index contributed by atoms with van der Waals surface area (Å²) in [5.74, 6) is 2.30. The number of piperidine rings is 1. The van der Waals surface area contributed by atoms with Gasteiger partial charge in [0, 0.05) is 18.2 Å². The lowest BCUT2D eigenvalue weighted by atomic mass is 9.48. The maximum atomic E-state index is 12.1. The lowest BCUT2D eigenvalue weighted by Gasteiger charge is -2.63. The SMILES string of the molecule is COc1ccc2c3c1OC1C(O)CC[C@]4(O)[C@H](C2)N(CC2CC2)CC[C@@]314. The molecule has 1 spiro atoms. The summed E-state index contributed by atoms with van der Waals surface area (Å²) in [7, 11) is 1.66. The molecule has 1 saturated heterocycles. The van der Waals surface area contributed by atoms with Gasteiger partial charge >= 0.3 is 0 Å². The lowest BCUT2D eigenvalue weighted by Crippen LogP contribution is -2.77. The number of nitrogens with zero attached hydrogens (tertiary/aromatic N) is 1. The smallest absolute Gasteiger partial charge is 0.166 e. The molecule has 5 nitrogen and oxygen atoms in total. The first kappa shape index (κ1) is 15.7. The van der Waals surface area contributed by atoms with Gasteiger partial charge in [-0.25, -0.2) is 0 Å². The van der Waals surface area contributed by atoms with Gasteiger partial charge in [0.1, 0.15) is 6.10 Å². The van der Waals surface area contributed by atoms with Gasteiger partial charge in [0.25, 0.3) is 0 Å². The van der Waals surface area contributed by atoms with Gasteiger partial charge in [-0.3, -0.25) is 4.90 Å². The summed E-state index contributed by atoms with van der Waals surface area (Å²) in [4.78, 5) is 2.54. The molecule has 2 bridgehead atoms. The number of benzene rings is 1. The Balaban J connectivity index is 1.56. The van der Waals surface area contributed by atoms with Crippen molar-refractivity contribution in [2.75, 3.05) is 20.2 Å². The number of aliphatic hydroxyl groups excluding tert-OH is 1. The van der Waals surface area contributed by atoms with Crippen LogP contribution in [-0.4, -0.2) is 59.2 Å². The van der Waals surface area contributed by atoms with Gasteiger partial charge in [-0.2, -0.15) is 0 Å². The van der Waals surface area contributed by atoms with Gasteiger partial charge in [0.05, 0.1) is 24.2 Å². The summed E-state index contributed by atoms with van der Waals surface area (Å²) in [5, 5.41) is 22.9. The van der Waals surface area contributed by atoms with Crippen molar-refractivity contribution in [1.82, 2.24) is 4.90 Å². The molecule has 5 aliphatic rings. The van der Waals surface area contributed by atoms with Crippen LogP contribution in [0.3, 0.4) is 0 Å². The van der Waals surface area contributed by atoms with E-state index in [2.05, 4.69) is 11.0 Å². The van der Waals surface area contributed by atoms with E-state index in [1.165, 1.54) is 18.4 Å². The van der Waals surface area contributed by atoms with E-state index < -0.39 is 17.1 Å². The van der Waals surface area contributed by atoms with Crippen LogP contribution >= 0.6 is 0 Å². The van der Waals surface area contributed by atoms with Crippen molar-refractivity contribution in [2.45, 2.75) is 67.8 Å². The Morgan fingerprint density at radius 2 is 2.12 bits per heavy atom. The first-order valence-electron chi connectivity index (χ1n) is 10.1. The molecule has 6 rings (SSSR count). The van der Waals surface area contributed by atoms with E-state index in [9.17, 15) is 10.2 Å². The Labute approximate surface area is 153 Å². The van der Waals surface area contributed by atoms with E-state index >= 15 is 0 Å². The zero-order chi connectivity index (χ0) is 17.7. The molecule has 5 heteroatoms. The maximum Gasteiger partial charge on any atom is 0.166 e. The number of likely N-dealkylation sites (tertiary alicyclic amines) is 1. The highest BCUT2D eigenvalue weighted by Gasteiger charge is 2.72. The Morgan fingerprint density at radius 3 is 2.88 bits per heavy atom. The van der Waals surface area contributed by atoms with Gasteiger partial charge < -0.3 is 19.7 Å². The average Bonchev–Trinajstić information content (AvgIpc) is 3.37. The summed E-state index contributed by atoms with van der Waals surface area (Å²) >= 11 is 0. The minimum Gasteiger partial charge on any atom is -0.493 e. The van der Waals surface area contributed by atoms with Crippen LogP contribution in [0.5, 0.6) is 11.5 Å². The van der Waals surface area contributed by atoms with E-state index in [1.54, 1.807) is 7.11 Å². The second-order valence-electron chi connectivity index (χ2n) is 9.08. The number of rotatable bonds is 3. The second kappa shape index (κ2) is 4.94. The summed E-state index contributed by atoms with van der Waals surface area (Å²) in [5.41, 5.74) is 1.08. The van der Waals surface area contributed by atoms with Crippen LogP contribution in [0.25, 0.3) is 0 Å². The molecule has 0 radical (unpaired) electrons. The van der Waals surface area contributed by atoms with Crippen molar-refractivity contribution in [2.24, 2.45) is 5.92 Å². The van der Waals surface area contributed by atoms with Crippen LogP contribution in [0.2, 0.25) is 0 Å². The van der Waals surface area contributed by atoms with Crippen molar-refractivity contribution in [1.29, 1.82) is 0 Å². The zero-order valence-corrected chi connectivity index (χ0v) is 15.3. The second-order valence-corrected chi connectivity index (χ2v) is 9.08. The summed E-state index contributed by atoms with van der Waals surface area (Å²) in [6.45, 7) is 2.08. The van der Waals surface area contributed by atoms with Crippen LogP contribution in [0.4, 0.5) is 0 Å². The quantitative estimate of drug-likeness (QED) is 0.861. The van der Waals surface area contributed by atoms with Crippen LogP contribution in [0.15, 0.2) is 12.1 Å². The zero-order valence-electron chi connectivity index (χ0n) is 15.3. The average molecular weight is 357 g/mol. The minimum atomic E-state index is -0.825. The maximum absolute atomic E-state index is 12.1. The van der Waals surface area contributed by atoms with Crippen LogP contribution < -0.4 is 9.47 Å². The summed E-state index contributed by atoms with van der Waals surface area (Å²) < 4.78 is 11.9. The normalized spacial score (nSPS) is 43.0. The Bertz CT molecular complexity index is 778. The number of hydrogen-bond donors (Lipinski definition) is 2. The van der Waals surface area contributed by atoms with E-state index in [1.807, 2.05) is 6.07 Å². The fourth-order valence-corrected chi connectivity index (χ4v) is 6.61. The van der Waals surface area contributed by atoms with Gasteiger partial charge in [-0.15, -0.1) is 0 Å². The summed E-state index contributed by atoms with van der Waals surface area (Å²) in [6.07, 6.45) is 4.72. The molecule has 5 atom stereocenters. The van der Waals surface area contributed by atoms with Gasteiger partial charge in [-0.1, -0.05) is 6.07 Å². The van der Waals surface area contributed by atoms with Gasteiger partial charge in [0.2, 0.25) is 0 Å². The number of aliphatic hydroxyl groups is 2. The fraction of sp³-hybridized carbons (Fsp3) is 0.714. The van der Waals surface area contributed by atoms with Crippen molar-refractivity contribution < 1.29 is 19.7 Å². The minimum absolute atomic E-state index is 0.127. The van der Waals surface area contributed by atoms with Crippen LogP contribution in [0, 0.1) is 5.92 Å². The standard InChI is InChI=1S/C21H27NO4/c1-25-15-5-4-13-10-16-21(24)7-6-14(23)19-20(21,17(13)18(15)26-19)8-9-22(16)11-12-2-3-12/h4-5,12,14,16,19,23-24H,2-3,6-11H2,1H3/t14?,16-,19?,20+,21-/m0/s1. The molecule has 3 fully saturated rings. The molecule has 2 N–H and O–H groups in total. The molecule has 2 heterocycles. The molecule has 0 amide bonds. The molecule has 3 aliphatic carbocycles. The molecule has 140 valence electrons. The Hall–Kier alpha value is -1.30. The van der Waals surface area contributed by atoms with E-state index in [-0.39, 0.29) is 12.1 Å². The molecular formula is C21H27NO4. The Kier molecular flexibility index (Phi) is 2.99. The first-order valence-corrected chi connectivity index (χ1v) is 10.1. The highest BCUT2D eigenvalue weighted by atomic mass is 16.5. The highest BCUT2D eigenvalue weighted by Crippen LogP contribution is 2.65. The molecule has 0 aromatic heterocycles. The number of hydrogen-bond acceptors (Lipinski definition) is 5. The third kappa shape index (κ3) is 1.68. The van der Waals surface area contributed by atoms with E-state index in [4.69, 9.17) is 9.47 Å². The topological polar surface area (TPSA) is 62.2 Å². The first-order chi connectivity index (χ1) is 12.6. The molecular weight excluding hydrogens is 330 g/mol. The molecule has 2 aliphatic heterocycles. The summed E-state index contributed by atoms with van der Waals surface area (Å²) in [6, 6.07) is 4.27. The fourth-order valence-electron chi connectivity index (χ4n) is 6.61. The van der Waals surface area contributed by atoms with Crippen molar-refractivity contribution in [3.63, 3.8) is 0 Å². The van der Waals surface area contributed by atoms with Crippen molar-refractivity contribution in [3.05, 3.63) is 23.3 Å². The van der Waals surface area contributed by atoms with Crippen molar-refractivity contribution in [3.8, 4) is 11.5 Å². The van der Waals surface area contributed by atoms with Gasteiger partial charge in [-0.05, 0) is 62.6 Å². The van der Waals surface area contributed by atoms with E-state index in [0.29, 0.717) is 12.8 Å². The number of ether oxygens (including phenoxy) is 2. The molecule has 2 unspecified atom stereocenters. The predicted octanol–water partition coefficient (Wildman–Crippen LogP) is 1.62. The van der Waals surface area contributed by atoms with Crippen LogP contribution in [0.1, 0.15) is 43.2 Å². The van der Waals surface area contributed by atoms with Crippen LogP contribution in [-0.2, 0) is 11.8 Å². The van der Waals surface area contributed by atoms with Gasteiger partial charge in [0.15, 0.2) is 11.5 Å².